The first kappa shape index (κ1) is 19.2. The van der Waals surface area contributed by atoms with Crippen molar-refractivity contribution in [2.45, 2.75) is 25.3 Å². The minimum Gasteiger partial charge on any atom is -0.323 e. The largest absolute Gasteiger partial charge is 0.323 e. The number of likely N-dealkylation sites (N-methyl/N-ethyl adjacent to an activating group) is 1. The zero-order chi connectivity index (χ0) is 19.6. The fourth-order valence-electron chi connectivity index (χ4n) is 3.69. The van der Waals surface area contributed by atoms with Gasteiger partial charge in [-0.05, 0) is 56.0 Å². The third-order valence-electron chi connectivity index (χ3n) is 5.03. The zero-order valence-corrected chi connectivity index (χ0v) is 15.4. The first-order chi connectivity index (χ1) is 12.8. The van der Waals surface area contributed by atoms with Crippen molar-refractivity contribution >= 4 is 11.6 Å². The van der Waals surface area contributed by atoms with E-state index in [1.165, 1.54) is 22.8 Å². The van der Waals surface area contributed by atoms with Gasteiger partial charge >= 0.3 is 0 Å². The number of anilines is 1. The minimum atomic E-state index is -0.566. The van der Waals surface area contributed by atoms with Crippen LogP contribution < -0.4 is 10.9 Å². The Morgan fingerprint density at radius 3 is 2.48 bits per heavy atom. The summed E-state index contributed by atoms with van der Waals surface area (Å²) in [6.07, 6.45) is 3.63. The normalized spacial score (nSPS) is 20.4. The smallest absolute Gasteiger partial charge is 0.250 e. The molecule has 1 aromatic heterocycles. The number of carbonyl (C=O) groups is 1. The highest BCUT2D eigenvalue weighted by Gasteiger charge is 2.30. The minimum absolute atomic E-state index is 0.119. The Bertz CT molecular complexity index is 877. The number of amides is 1. The zero-order valence-electron chi connectivity index (χ0n) is 15.4. The van der Waals surface area contributed by atoms with Gasteiger partial charge in [-0.2, -0.15) is 0 Å². The average Bonchev–Trinajstić information content (AvgIpc) is 2.57. The van der Waals surface area contributed by atoms with Gasteiger partial charge in [0.15, 0.2) is 0 Å². The molecule has 1 saturated heterocycles. The van der Waals surface area contributed by atoms with E-state index in [9.17, 15) is 18.4 Å². The number of rotatable bonds is 4. The fraction of sp³-hybridized carbons (Fsp3) is 0.400. The lowest BCUT2D eigenvalue weighted by Crippen LogP contribution is -2.48. The Hall–Kier alpha value is -2.54. The van der Waals surface area contributed by atoms with Crippen molar-refractivity contribution in [3.05, 3.63) is 64.1 Å². The molecule has 27 heavy (non-hydrogen) atoms. The number of carbonyl (C=O) groups excluding carboxylic acids is 1. The summed E-state index contributed by atoms with van der Waals surface area (Å²) in [4.78, 5) is 26.0. The molecule has 1 amide bonds. The highest BCUT2D eigenvalue weighted by atomic mass is 19.1. The summed E-state index contributed by atoms with van der Waals surface area (Å²) in [5, 5.41) is 2.85. The Morgan fingerprint density at radius 1 is 1.15 bits per heavy atom. The molecule has 2 aromatic rings. The second-order valence-corrected chi connectivity index (χ2v) is 7.24. The number of likely N-dealkylation sites (tertiary alicyclic amines) is 1. The summed E-state index contributed by atoms with van der Waals surface area (Å²) in [6, 6.07) is 6.32. The standard InChI is InChI=1S/C20H23F2N3O2/c1-24-11-13(7-14-8-15(21)10-16(22)9-14)3-5-18(24)20(27)23-17-4-6-19(26)25(2)12-17/h4,6,8-10,12-13,18H,3,5,7,11H2,1-2H3,(H,23,27). The molecule has 1 N–H and O–H groups in total. The highest BCUT2D eigenvalue weighted by Crippen LogP contribution is 2.25. The summed E-state index contributed by atoms with van der Waals surface area (Å²) >= 11 is 0. The van der Waals surface area contributed by atoms with Gasteiger partial charge in [-0.15, -0.1) is 0 Å². The Kier molecular flexibility index (Phi) is 5.70. The third-order valence-corrected chi connectivity index (χ3v) is 5.03. The van der Waals surface area contributed by atoms with Gasteiger partial charge in [0.1, 0.15) is 11.6 Å². The van der Waals surface area contributed by atoms with Gasteiger partial charge in [0, 0.05) is 31.9 Å². The van der Waals surface area contributed by atoms with Crippen molar-refractivity contribution in [3.8, 4) is 0 Å². The van der Waals surface area contributed by atoms with Gasteiger partial charge in [-0.25, -0.2) is 8.78 Å². The van der Waals surface area contributed by atoms with E-state index in [-0.39, 0.29) is 23.4 Å². The van der Waals surface area contributed by atoms with E-state index in [2.05, 4.69) is 5.32 Å². The topological polar surface area (TPSA) is 54.3 Å². The van der Waals surface area contributed by atoms with Crippen molar-refractivity contribution < 1.29 is 13.6 Å². The van der Waals surface area contributed by atoms with Crippen LogP contribution in [0.4, 0.5) is 14.5 Å². The van der Waals surface area contributed by atoms with Crippen LogP contribution in [0, 0.1) is 17.6 Å². The van der Waals surface area contributed by atoms with Crippen LogP contribution in [0.5, 0.6) is 0 Å². The van der Waals surface area contributed by atoms with E-state index in [1.807, 2.05) is 11.9 Å². The lowest BCUT2D eigenvalue weighted by atomic mass is 9.88. The molecule has 144 valence electrons. The molecule has 0 spiro atoms. The molecule has 1 fully saturated rings. The predicted molar refractivity (Wildman–Crippen MR) is 99.5 cm³/mol. The number of halogens is 2. The summed E-state index contributed by atoms with van der Waals surface area (Å²) in [5.74, 6) is -1.02. The Labute approximate surface area is 156 Å². The molecule has 2 atom stereocenters. The van der Waals surface area contributed by atoms with E-state index >= 15 is 0 Å². The summed E-state index contributed by atoms with van der Waals surface area (Å²) in [7, 11) is 3.51. The van der Waals surface area contributed by atoms with Gasteiger partial charge in [-0.1, -0.05) is 0 Å². The number of hydrogen-bond acceptors (Lipinski definition) is 3. The molecule has 0 radical (unpaired) electrons. The molecule has 0 bridgehead atoms. The molecule has 7 heteroatoms. The average molecular weight is 375 g/mol. The van der Waals surface area contributed by atoms with Crippen molar-refractivity contribution in [2.24, 2.45) is 13.0 Å². The molecule has 2 heterocycles. The number of hydrogen-bond donors (Lipinski definition) is 1. The maximum absolute atomic E-state index is 13.4. The lowest BCUT2D eigenvalue weighted by molar-refractivity contribution is -0.122. The second kappa shape index (κ2) is 8.00. The summed E-state index contributed by atoms with van der Waals surface area (Å²) in [6.45, 7) is 0.670. The van der Waals surface area contributed by atoms with E-state index in [0.29, 0.717) is 30.6 Å². The van der Waals surface area contributed by atoms with Gasteiger partial charge in [0.05, 0.1) is 11.7 Å². The van der Waals surface area contributed by atoms with E-state index < -0.39 is 11.6 Å². The Balaban J connectivity index is 1.59. The summed E-state index contributed by atoms with van der Waals surface area (Å²) in [5.41, 5.74) is 1.08. The maximum atomic E-state index is 13.4. The fourth-order valence-corrected chi connectivity index (χ4v) is 3.69. The van der Waals surface area contributed by atoms with Crippen LogP contribution in [0.1, 0.15) is 18.4 Å². The van der Waals surface area contributed by atoms with Crippen LogP contribution in [-0.4, -0.2) is 35.0 Å². The molecule has 0 saturated carbocycles. The number of aryl methyl sites for hydroxylation is 1. The van der Waals surface area contributed by atoms with E-state index in [1.54, 1.807) is 19.3 Å². The molecule has 5 nitrogen and oxygen atoms in total. The third kappa shape index (κ3) is 4.80. The van der Waals surface area contributed by atoms with Crippen molar-refractivity contribution in [1.29, 1.82) is 0 Å². The maximum Gasteiger partial charge on any atom is 0.250 e. The number of nitrogens with zero attached hydrogens (tertiary/aromatic N) is 2. The second-order valence-electron chi connectivity index (χ2n) is 7.24. The SMILES string of the molecule is CN1CC(Cc2cc(F)cc(F)c2)CCC1C(=O)Nc1ccc(=O)n(C)c1. The summed E-state index contributed by atoms with van der Waals surface area (Å²) < 4.78 is 28.1. The van der Waals surface area contributed by atoms with E-state index in [4.69, 9.17) is 0 Å². The molecule has 2 unspecified atom stereocenters. The van der Waals surface area contributed by atoms with Crippen LogP contribution in [0.25, 0.3) is 0 Å². The quantitative estimate of drug-likeness (QED) is 0.894. The van der Waals surface area contributed by atoms with Crippen LogP contribution in [0.15, 0.2) is 41.3 Å². The molecular formula is C20H23F2N3O2. The van der Waals surface area contributed by atoms with Gasteiger partial charge in [0.2, 0.25) is 11.5 Å². The first-order valence-electron chi connectivity index (χ1n) is 8.94. The van der Waals surface area contributed by atoms with Crippen molar-refractivity contribution in [3.63, 3.8) is 0 Å². The Morgan fingerprint density at radius 2 is 1.85 bits per heavy atom. The van der Waals surface area contributed by atoms with Crippen LogP contribution in [0.2, 0.25) is 0 Å². The van der Waals surface area contributed by atoms with Crippen LogP contribution in [-0.2, 0) is 18.3 Å². The number of piperidine rings is 1. The van der Waals surface area contributed by atoms with E-state index in [0.717, 1.165) is 12.5 Å². The van der Waals surface area contributed by atoms with Crippen LogP contribution >= 0.6 is 0 Å². The van der Waals surface area contributed by atoms with Crippen molar-refractivity contribution in [1.82, 2.24) is 9.47 Å². The van der Waals surface area contributed by atoms with Crippen molar-refractivity contribution in [2.75, 3.05) is 18.9 Å². The molecule has 0 aliphatic carbocycles. The van der Waals surface area contributed by atoms with Gasteiger partial charge in [-0.3, -0.25) is 14.5 Å². The molecule has 1 aromatic carbocycles. The van der Waals surface area contributed by atoms with Crippen LogP contribution in [0.3, 0.4) is 0 Å². The molecule has 1 aliphatic heterocycles. The first-order valence-corrected chi connectivity index (χ1v) is 8.94. The number of pyridine rings is 1. The highest BCUT2D eigenvalue weighted by molar-refractivity contribution is 5.94. The lowest BCUT2D eigenvalue weighted by Gasteiger charge is -2.36. The molecule has 3 rings (SSSR count). The predicted octanol–water partition coefficient (Wildman–Crippen LogP) is 2.56. The monoisotopic (exact) mass is 375 g/mol. The number of benzene rings is 1. The molecule has 1 aliphatic rings. The number of nitrogens with one attached hydrogen (secondary N) is 1. The molecular weight excluding hydrogens is 352 g/mol. The van der Waals surface area contributed by atoms with Gasteiger partial charge < -0.3 is 9.88 Å². The number of aromatic nitrogens is 1. The van der Waals surface area contributed by atoms with Gasteiger partial charge in [0.25, 0.3) is 0 Å².